The van der Waals surface area contributed by atoms with Gasteiger partial charge in [0.05, 0.1) is 12.7 Å². The van der Waals surface area contributed by atoms with Crippen LogP contribution in [0.3, 0.4) is 0 Å². The van der Waals surface area contributed by atoms with Crippen molar-refractivity contribution in [2.75, 3.05) is 13.2 Å². The van der Waals surface area contributed by atoms with E-state index in [9.17, 15) is 4.39 Å². The number of fused-ring (bicyclic) bond motifs is 1. The van der Waals surface area contributed by atoms with Crippen molar-refractivity contribution in [1.82, 2.24) is 0 Å². The van der Waals surface area contributed by atoms with Crippen LogP contribution in [0.25, 0.3) is 11.1 Å². The summed E-state index contributed by atoms with van der Waals surface area (Å²) in [7, 11) is 0. The van der Waals surface area contributed by atoms with Gasteiger partial charge in [0.15, 0.2) is 0 Å². The minimum absolute atomic E-state index is 0.0239. The highest BCUT2D eigenvalue weighted by atomic mass is 19.1. The summed E-state index contributed by atoms with van der Waals surface area (Å²) in [6, 6.07) is 12.8. The third-order valence-corrected chi connectivity index (χ3v) is 3.60. The molecule has 0 bridgehead atoms. The van der Waals surface area contributed by atoms with E-state index in [0.717, 1.165) is 23.1 Å². The molecule has 2 nitrogen and oxygen atoms in total. The van der Waals surface area contributed by atoms with Crippen LogP contribution in [0, 0.1) is 5.82 Å². The standard InChI is InChI=1S/C16H16FNO/c17-12-6-4-11(5-7-12)13-2-1-3-15-14(13)8-9-19-16(15)10-18/h1-7,16H,8-10,18H2/t16-/m1/s1. The van der Waals surface area contributed by atoms with Gasteiger partial charge in [-0.2, -0.15) is 0 Å². The van der Waals surface area contributed by atoms with E-state index in [1.807, 2.05) is 18.2 Å². The van der Waals surface area contributed by atoms with Crippen LogP contribution in [-0.4, -0.2) is 13.2 Å². The molecular formula is C16H16FNO. The molecule has 2 N–H and O–H groups in total. The molecule has 19 heavy (non-hydrogen) atoms. The van der Waals surface area contributed by atoms with E-state index in [4.69, 9.17) is 10.5 Å². The first kappa shape index (κ1) is 12.3. The summed E-state index contributed by atoms with van der Waals surface area (Å²) in [5, 5.41) is 0. The van der Waals surface area contributed by atoms with E-state index < -0.39 is 0 Å². The molecule has 0 saturated carbocycles. The van der Waals surface area contributed by atoms with E-state index >= 15 is 0 Å². The van der Waals surface area contributed by atoms with E-state index in [1.54, 1.807) is 0 Å². The van der Waals surface area contributed by atoms with Crippen molar-refractivity contribution in [1.29, 1.82) is 0 Å². The molecular weight excluding hydrogens is 241 g/mol. The van der Waals surface area contributed by atoms with Crippen molar-refractivity contribution in [2.45, 2.75) is 12.5 Å². The van der Waals surface area contributed by atoms with E-state index in [-0.39, 0.29) is 11.9 Å². The lowest BCUT2D eigenvalue weighted by Crippen LogP contribution is -2.23. The molecule has 0 unspecified atom stereocenters. The van der Waals surface area contributed by atoms with Gasteiger partial charge >= 0.3 is 0 Å². The summed E-state index contributed by atoms with van der Waals surface area (Å²) in [4.78, 5) is 0. The van der Waals surface area contributed by atoms with Crippen molar-refractivity contribution in [3.8, 4) is 11.1 Å². The van der Waals surface area contributed by atoms with E-state index in [0.29, 0.717) is 13.2 Å². The lowest BCUT2D eigenvalue weighted by atomic mass is 9.89. The molecule has 0 aliphatic carbocycles. The number of benzene rings is 2. The Morgan fingerprint density at radius 2 is 1.95 bits per heavy atom. The molecule has 3 heteroatoms. The Hall–Kier alpha value is -1.71. The van der Waals surface area contributed by atoms with E-state index in [1.165, 1.54) is 17.7 Å². The fourth-order valence-electron chi connectivity index (χ4n) is 2.67. The molecule has 1 aliphatic rings. The summed E-state index contributed by atoms with van der Waals surface area (Å²) >= 11 is 0. The van der Waals surface area contributed by atoms with Crippen LogP contribution in [0.1, 0.15) is 17.2 Å². The first-order valence-corrected chi connectivity index (χ1v) is 6.49. The first-order valence-electron chi connectivity index (χ1n) is 6.49. The number of halogens is 1. The quantitative estimate of drug-likeness (QED) is 0.897. The zero-order chi connectivity index (χ0) is 13.2. The molecule has 3 rings (SSSR count). The molecule has 0 aromatic heterocycles. The van der Waals surface area contributed by atoms with Gasteiger partial charge in [0, 0.05) is 6.54 Å². The lowest BCUT2D eigenvalue weighted by Gasteiger charge is -2.27. The number of rotatable bonds is 2. The minimum atomic E-state index is -0.211. The molecule has 98 valence electrons. The Morgan fingerprint density at radius 1 is 1.16 bits per heavy atom. The smallest absolute Gasteiger partial charge is 0.123 e. The Morgan fingerprint density at radius 3 is 2.68 bits per heavy atom. The maximum atomic E-state index is 13.0. The normalized spacial score (nSPS) is 18.1. The zero-order valence-corrected chi connectivity index (χ0v) is 10.6. The van der Waals surface area contributed by atoms with Crippen molar-refractivity contribution < 1.29 is 9.13 Å². The van der Waals surface area contributed by atoms with Crippen molar-refractivity contribution in [2.24, 2.45) is 5.73 Å². The Labute approximate surface area is 112 Å². The Bertz CT molecular complexity index is 580. The van der Waals surface area contributed by atoms with Crippen LogP contribution in [0.2, 0.25) is 0 Å². The summed E-state index contributed by atoms with van der Waals surface area (Å²) in [6.45, 7) is 1.17. The third kappa shape index (κ3) is 2.27. The summed E-state index contributed by atoms with van der Waals surface area (Å²) in [5.41, 5.74) is 10.4. The van der Waals surface area contributed by atoms with Gasteiger partial charge in [0.2, 0.25) is 0 Å². The lowest BCUT2D eigenvalue weighted by molar-refractivity contribution is 0.0486. The average Bonchev–Trinajstić information content (AvgIpc) is 2.47. The molecule has 0 spiro atoms. The van der Waals surface area contributed by atoms with Gasteiger partial charge < -0.3 is 10.5 Å². The highest BCUT2D eigenvalue weighted by Gasteiger charge is 2.21. The molecule has 2 aromatic carbocycles. The van der Waals surface area contributed by atoms with Gasteiger partial charge in [-0.05, 0) is 40.8 Å². The molecule has 0 radical (unpaired) electrons. The molecule has 1 heterocycles. The monoisotopic (exact) mass is 257 g/mol. The average molecular weight is 257 g/mol. The molecule has 0 fully saturated rings. The van der Waals surface area contributed by atoms with Crippen molar-refractivity contribution in [3.63, 3.8) is 0 Å². The molecule has 2 aromatic rings. The van der Waals surface area contributed by atoms with Gasteiger partial charge in [-0.25, -0.2) is 4.39 Å². The number of nitrogens with two attached hydrogens (primary N) is 1. The molecule has 1 aliphatic heterocycles. The number of ether oxygens (including phenoxy) is 1. The largest absolute Gasteiger partial charge is 0.372 e. The van der Waals surface area contributed by atoms with Gasteiger partial charge in [-0.15, -0.1) is 0 Å². The summed E-state index contributed by atoms with van der Waals surface area (Å²) in [5.74, 6) is -0.211. The van der Waals surface area contributed by atoms with Crippen LogP contribution < -0.4 is 5.73 Å². The third-order valence-electron chi connectivity index (χ3n) is 3.60. The van der Waals surface area contributed by atoms with Crippen molar-refractivity contribution >= 4 is 0 Å². The fraction of sp³-hybridized carbons (Fsp3) is 0.250. The van der Waals surface area contributed by atoms with Crippen LogP contribution in [0.15, 0.2) is 42.5 Å². The van der Waals surface area contributed by atoms with E-state index in [2.05, 4.69) is 12.1 Å². The minimum Gasteiger partial charge on any atom is -0.372 e. The van der Waals surface area contributed by atoms with Crippen molar-refractivity contribution in [3.05, 3.63) is 59.4 Å². The Balaban J connectivity index is 2.10. The van der Waals surface area contributed by atoms with Crippen LogP contribution in [0.4, 0.5) is 4.39 Å². The molecule has 0 amide bonds. The van der Waals surface area contributed by atoms with Gasteiger partial charge in [-0.3, -0.25) is 0 Å². The highest BCUT2D eigenvalue weighted by molar-refractivity contribution is 5.69. The molecule has 0 saturated heterocycles. The highest BCUT2D eigenvalue weighted by Crippen LogP contribution is 2.34. The maximum Gasteiger partial charge on any atom is 0.123 e. The topological polar surface area (TPSA) is 35.2 Å². The summed E-state index contributed by atoms with van der Waals surface area (Å²) in [6.07, 6.45) is 0.850. The first-order chi connectivity index (χ1) is 9.29. The number of hydrogen-bond donors (Lipinski definition) is 1. The zero-order valence-electron chi connectivity index (χ0n) is 10.6. The van der Waals surface area contributed by atoms with Crippen LogP contribution in [-0.2, 0) is 11.2 Å². The fourth-order valence-corrected chi connectivity index (χ4v) is 2.67. The predicted molar refractivity (Wildman–Crippen MR) is 73.3 cm³/mol. The second kappa shape index (κ2) is 5.11. The predicted octanol–water partition coefficient (Wildman–Crippen LogP) is 3.07. The maximum absolute atomic E-state index is 13.0. The second-order valence-electron chi connectivity index (χ2n) is 4.73. The second-order valence-corrected chi connectivity index (χ2v) is 4.73. The van der Waals surface area contributed by atoms with Gasteiger partial charge in [0.1, 0.15) is 5.82 Å². The van der Waals surface area contributed by atoms with Crippen LogP contribution in [0.5, 0.6) is 0 Å². The SMILES string of the molecule is NC[C@H]1OCCc2c(-c3ccc(F)cc3)cccc21. The van der Waals surface area contributed by atoms with Gasteiger partial charge in [0.25, 0.3) is 0 Å². The Kier molecular flexibility index (Phi) is 3.32. The summed E-state index contributed by atoms with van der Waals surface area (Å²) < 4.78 is 18.7. The van der Waals surface area contributed by atoms with Crippen LogP contribution >= 0.6 is 0 Å². The number of hydrogen-bond acceptors (Lipinski definition) is 2. The van der Waals surface area contributed by atoms with Gasteiger partial charge in [-0.1, -0.05) is 30.3 Å². The molecule has 1 atom stereocenters.